The average molecular weight is 235 g/mol. The lowest BCUT2D eigenvalue weighted by Gasteiger charge is -1.98. The molecule has 4 nitrogen and oxygen atoms in total. The molecule has 1 aliphatic rings. The van der Waals surface area contributed by atoms with E-state index in [9.17, 15) is 0 Å². The molecule has 1 fully saturated rings. The smallest absolute Gasteiger partial charge is 0.130 e. The van der Waals surface area contributed by atoms with E-state index in [1.165, 1.54) is 18.0 Å². The van der Waals surface area contributed by atoms with Crippen molar-refractivity contribution in [1.82, 2.24) is 9.59 Å². The minimum atomic E-state index is 0.652. The van der Waals surface area contributed by atoms with Crippen LogP contribution in [0.3, 0.4) is 0 Å². The first-order valence-electron chi connectivity index (χ1n) is 5.43. The summed E-state index contributed by atoms with van der Waals surface area (Å²) in [6.07, 6.45) is 2.98. The molecule has 1 aliphatic carbocycles. The predicted molar refractivity (Wildman–Crippen MR) is 62.5 cm³/mol. The Morgan fingerprint density at radius 3 is 3.12 bits per heavy atom. The van der Waals surface area contributed by atoms with Crippen molar-refractivity contribution in [2.45, 2.75) is 25.8 Å². The third-order valence-electron chi connectivity index (χ3n) is 2.96. The van der Waals surface area contributed by atoms with Gasteiger partial charge in [0.1, 0.15) is 16.5 Å². The van der Waals surface area contributed by atoms with Gasteiger partial charge in [0.2, 0.25) is 0 Å². The molecule has 0 amide bonds. The van der Waals surface area contributed by atoms with Crippen LogP contribution in [0.25, 0.3) is 0 Å². The molecule has 2 aromatic rings. The summed E-state index contributed by atoms with van der Waals surface area (Å²) in [4.78, 5) is 0. The number of nitrogens with one attached hydrogen (secondary N) is 1. The second-order valence-electron chi connectivity index (χ2n) is 4.26. The van der Waals surface area contributed by atoms with E-state index >= 15 is 0 Å². The zero-order valence-corrected chi connectivity index (χ0v) is 9.83. The molecule has 84 valence electrons. The molecule has 0 radical (unpaired) electrons. The monoisotopic (exact) mass is 235 g/mol. The fourth-order valence-corrected chi connectivity index (χ4v) is 2.24. The minimum Gasteiger partial charge on any atom is -0.464 e. The summed E-state index contributed by atoms with van der Waals surface area (Å²) in [5, 5.41) is 7.96. The van der Waals surface area contributed by atoms with Crippen LogP contribution in [0.2, 0.25) is 0 Å². The summed E-state index contributed by atoms with van der Waals surface area (Å²) in [6, 6.07) is 4.14. The highest BCUT2D eigenvalue weighted by atomic mass is 32.1. The molecule has 2 heterocycles. The molecule has 0 bridgehead atoms. The Labute approximate surface area is 97.8 Å². The van der Waals surface area contributed by atoms with Gasteiger partial charge in [-0.25, -0.2) is 0 Å². The average Bonchev–Trinajstić information content (AvgIpc) is 2.80. The molecular formula is C11H13N3OS. The molecule has 2 atom stereocenters. The van der Waals surface area contributed by atoms with E-state index in [1.807, 2.05) is 6.07 Å². The number of hydrogen-bond donors (Lipinski definition) is 1. The summed E-state index contributed by atoms with van der Waals surface area (Å²) in [6.45, 7) is 2.96. The summed E-state index contributed by atoms with van der Waals surface area (Å²) in [7, 11) is 0. The number of furan rings is 1. The van der Waals surface area contributed by atoms with E-state index in [0.29, 0.717) is 12.5 Å². The van der Waals surface area contributed by atoms with Crippen LogP contribution in [0.15, 0.2) is 22.7 Å². The molecule has 0 saturated heterocycles. The van der Waals surface area contributed by atoms with Gasteiger partial charge in [0.05, 0.1) is 12.7 Å². The highest BCUT2D eigenvalue weighted by Gasteiger charge is 2.36. The van der Waals surface area contributed by atoms with E-state index < -0.39 is 0 Å². The largest absolute Gasteiger partial charge is 0.464 e. The summed E-state index contributed by atoms with van der Waals surface area (Å²) < 4.78 is 9.56. The summed E-state index contributed by atoms with van der Waals surface area (Å²) >= 11 is 1.35. The van der Waals surface area contributed by atoms with Gasteiger partial charge in [0.25, 0.3) is 0 Å². The molecule has 0 aromatic carbocycles. The van der Waals surface area contributed by atoms with Crippen molar-refractivity contribution in [2.24, 2.45) is 5.92 Å². The van der Waals surface area contributed by atoms with Gasteiger partial charge in [-0.3, -0.25) is 0 Å². The first kappa shape index (κ1) is 9.84. The Hall–Kier alpha value is -1.36. The van der Waals surface area contributed by atoms with Gasteiger partial charge in [-0.1, -0.05) is 11.4 Å². The lowest BCUT2D eigenvalue weighted by Crippen LogP contribution is -1.95. The summed E-state index contributed by atoms with van der Waals surface area (Å²) in [5.74, 6) is 3.55. The number of aromatic nitrogens is 2. The maximum absolute atomic E-state index is 5.78. The number of rotatable bonds is 4. The van der Waals surface area contributed by atoms with E-state index in [4.69, 9.17) is 4.42 Å². The van der Waals surface area contributed by atoms with Crippen molar-refractivity contribution >= 4 is 16.5 Å². The fourth-order valence-electron chi connectivity index (χ4n) is 1.83. The van der Waals surface area contributed by atoms with Crippen LogP contribution < -0.4 is 5.32 Å². The fraction of sp³-hybridized carbons (Fsp3) is 0.455. The standard InChI is InChI=1S/C11H13N3OS/c1-7-4-9(7)10-3-2-8(15-10)5-12-11-6-13-14-16-11/h2-3,6-7,9,12H,4-5H2,1H3. The maximum Gasteiger partial charge on any atom is 0.130 e. The van der Waals surface area contributed by atoms with Crippen molar-refractivity contribution in [2.75, 3.05) is 5.32 Å². The third kappa shape index (κ3) is 1.95. The van der Waals surface area contributed by atoms with E-state index in [-0.39, 0.29) is 0 Å². The topological polar surface area (TPSA) is 51.0 Å². The van der Waals surface area contributed by atoms with Crippen LogP contribution >= 0.6 is 11.5 Å². The SMILES string of the molecule is CC1CC1c1ccc(CNc2cnns2)o1. The van der Waals surface area contributed by atoms with Gasteiger partial charge in [-0.05, 0) is 24.5 Å². The number of anilines is 1. The quantitative estimate of drug-likeness (QED) is 0.885. The van der Waals surface area contributed by atoms with E-state index in [1.54, 1.807) is 6.20 Å². The molecule has 2 unspecified atom stereocenters. The molecule has 1 saturated carbocycles. The third-order valence-corrected chi connectivity index (χ3v) is 3.58. The van der Waals surface area contributed by atoms with Gasteiger partial charge in [0, 0.05) is 17.5 Å². The second kappa shape index (κ2) is 3.90. The van der Waals surface area contributed by atoms with Gasteiger partial charge >= 0.3 is 0 Å². The van der Waals surface area contributed by atoms with Gasteiger partial charge in [-0.15, -0.1) is 5.10 Å². The van der Waals surface area contributed by atoms with Crippen molar-refractivity contribution in [3.63, 3.8) is 0 Å². The Kier molecular flexibility index (Phi) is 2.40. The molecule has 2 aromatic heterocycles. The van der Waals surface area contributed by atoms with Crippen LogP contribution in [-0.2, 0) is 6.54 Å². The minimum absolute atomic E-state index is 0.652. The first-order valence-corrected chi connectivity index (χ1v) is 6.20. The van der Waals surface area contributed by atoms with Crippen LogP contribution in [-0.4, -0.2) is 9.59 Å². The number of nitrogens with zero attached hydrogens (tertiary/aromatic N) is 2. The van der Waals surface area contributed by atoms with E-state index in [0.717, 1.165) is 22.4 Å². The van der Waals surface area contributed by atoms with Crippen molar-refractivity contribution in [3.05, 3.63) is 29.9 Å². The van der Waals surface area contributed by atoms with E-state index in [2.05, 4.69) is 27.9 Å². The zero-order valence-electron chi connectivity index (χ0n) is 9.01. The van der Waals surface area contributed by atoms with Crippen molar-refractivity contribution in [1.29, 1.82) is 0 Å². The van der Waals surface area contributed by atoms with Gasteiger partial charge in [-0.2, -0.15) is 0 Å². The molecule has 0 spiro atoms. The molecular weight excluding hydrogens is 222 g/mol. The lowest BCUT2D eigenvalue weighted by molar-refractivity contribution is 0.468. The first-order chi connectivity index (χ1) is 7.83. The van der Waals surface area contributed by atoms with Gasteiger partial charge < -0.3 is 9.73 Å². The molecule has 1 N–H and O–H groups in total. The number of hydrogen-bond acceptors (Lipinski definition) is 5. The highest BCUT2D eigenvalue weighted by molar-refractivity contribution is 7.09. The Balaban J connectivity index is 1.60. The predicted octanol–water partition coefficient (Wildman–Crippen LogP) is 2.87. The Morgan fingerprint density at radius 1 is 1.56 bits per heavy atom. The molecule has 5 heteroatoms. The van der Waals surface area contributed by atoms with Crippen LogP contribution in [0.5, 0.6) is 0 Å². The second-order valence-corrected chi connectivity index (χ2v) is 5.04. The normalized spacial score (nSPS) is 23.3. The zero-order chi connectivity index (χ0) is 11.0. The highest BCUT2D eigenvalue weighted by Crippen LogP contribution is 2.47. The summed E-state index contributed by atoms with van der Waals surface area (Å²) in [5.41, 5.74) is 0. The molecule has 16 heavy (non-hydrogen) atoms. The lowest BCUT2D eigenvalue weighted by atomic mass is 10.3. The molecule has 3 rings (SSSR count). The molecule has 0 aliphatic heterocycles. The Bertz CT molecular complexity index is 465. The van der Waals surface area contributed by atoms with Crippen LogP contribution in [0.1, 0.15) is 30.8 Å². The maximum atomic E-state index is 5.78. The van der Waals surface area contributed by atoms with Crippen molar-refractivity contribution in [3.8, 4) is 0 Å². The van der Waals surface area contributed by atoms with Crippen LogP contribution in [0, 0.1) is 5.92 Å². The Morgan fingerprint density at radius 2 is 2.44 bits per heavy atom. The van der Waals surface area contributed by atoms with Crippen molar-refractivity contribution < 1.29 is 4.42 Å². The van der Waals surface area contributed by atoms with Crippen LogP contribution in [0.4, 0.5) is 5.00 Å². The van der Waals surface area contributed by atoms with Gasteiger partial charge in [0.15, 0.2) is 0 Å².